The van der Waals surface area contributed by atoms with Crippen molar-refractivity contribution in [1.29, 1.82) is 0 Å². The molecule has 2 rings (SSSR count). The van der Waals surface area contributed by atoms with E-state index in [-0.39, 0.29) is 65.2 Å². The van der Waals surface area contributed by atoms with Gasteiger partial charge in [-0.1, -0.05) is 107 Å². The van der Waals surface area contributed by atoms with E-state index in [1.165, 1.54) is 30.2 Å². The average molecular weight is 1000 g/mol. The topological polar surface area (TPSA) is 211 Å². The molecule has 13 nitrogen and oxygen atoms in total. The molecule has 0 aromatic rings. The SMILES string of the molecule is C=C(C)[C@@H]1CC=C(CO)CC1.C=C(C)[C@@H]1CC=C(COC(=O)C(=O)CBr)CC1.COC(Cl)Cl.O=C(Cl)C(=O)CBr.O=C(O)C(=O)CBr.O=CO[O-].[Na+]. The van der Waals surface area contributed by atoms with Crippen molar-refractivity contribution in [3.63, 3.8) is 0 Å². The number of allylic oxidation sites excluding steroid dienone is 4. The van der Waals surface area contributed by atoms with Crippen LogP contribution in [0.2, 0.25) is 0 Å². The van der Waals surface area contributed by atoms with Crippen molar-refractivity contribution < 1.29 is 93.0 Å². The zero-order valence-corrected chi connectivity index (χ0v) is 38.3. The van der Waals surface area contributed by atoms with Gasteiger partial charge in [-0.15, -0.1) is 0 Å². The summed E-state index contributed by atoms with van der Waals surface area (Å²) in [4.78, 5) is 72.5. The first-order chi connectivity index (χ1) is 23.8. The molecule has 0 amide bonds. The Kier molecular flexibility index (Phi) is 46.4. The third-order valence-corrected chi connectivity index (χ3v) is 8.36. The average Bonchev–Trinajstić information content (AvgIpc) is 3.13. The van der Waals surface area contributed by atoms with Crippen LogP contribution in [0.15, 0.2) is 47.6 Å². The second kappa shape index (κ2) is 39.9. The van der Waals surface area contributed by atoms with E-state index in [4.69, 9.17) is 59.8 Å². The number of ketones is 3. The number of carbonyl (C=O) groups is 7. The number of aliphatic hydroxyl groups is 1. The Labute approximate surface area is 366 Å². The number of aliphatic carboxylic acids is 1. The molecule has 0 heterocycles. The number of hydrogen-bond donors (Lipinski definition) is 2. The Bertz CT molecular complexity index is 1170. The van der Waals surface area contributed by atoms with Crippen LogP contribution in [-0.2, 0) is 47.9 Å². The molecule has 52 heavy (non-hydrogen) atoms. The number of carbonyl (C=O) groups excluding carboxylic acids is 6. The summed E-state index contributed by atoms with van der Waals surface area (Å²) in [6.45, 7) is 12.3. The van der Waals surface area contributed by atoms with E-state index < -0.39 is 39.6 Å². The Morgan fingerprint density at radius 1 is 0.904 bits per heavy atom. The molecule has 2 aliphatic rings. The second-order valence-electron chi connectivity index (χ2n) is 10.0. The molecule has 20 heteroatoms. The van der Waals surface area contributed by atoms with Gasteiger partial charge in [0.2, 0.25) is 16.6 Å². The van der Waals surface area contributed by atoms with Crippen molar-refractivity contribution in [3.05, 3.63) is 47.6 Å². The van der Waals surface area contributed by atoms with Crippen molar-refractivity contribution in [2.24, 2.45) is 11.8 Å². The molecule has 292 valence electrons. The molecular weight excluding hydrogens is 961 g/mol. The van der Waals surface area contributed by atoms with Crippen LogP contribution >= 0.6 is 82.6 Å². The first kappa shape index (κ1) is 60.5. The number of halogens is 6. The van der Waals surface area contributed by atoms with E-state index in [2.05, 4.69) is 89.6 Å². The van der Waals surface area contributed by atoms with Gasteiger partial charge < -0.3 is 29.8 Å². The molecule has 0 aromatic heterocycles. The monoisotopic (exact) mass is 1000 g/mol. The van der Waals surface area contributed by atoms with Crippen molar-refractivity contribution in [2.75, 3.05) is 36.3 Å². The normalized spacial score (nSPS) is 15.1. The molecule has 0 fully saturated rings. The Balaban J connectivity index is -0.000000183. The molecule has 0 aliphatic heterocycles. The molecular formula is C32H43Br3Cl3NaO13. The number of hydrogen-bond acceptors (Lipinski definition) is 12. The van der Waals surface area contributed by atoms with Crippen LogP contribution in [-0.4, -0.2) is 92.6 Å². The van der Waals surface area contributed by atoms with E-state index in [9.17, 15) is 28.8 Å². The fourth-order valence-electron chi connectivity index (χ4n) is 3.35. The largest absolute Gasteiger partial charge is 1.00 e. The number of alkyl halides is 5. The number of methoxy groups -OCH3 is 1. The molecule has 0 aromatic carbocycles. The maximum Gasteiger partial charge on any atom is 1.00 e. The van der Waals surface area contributed by atoms with E-state index >= 15 is 0 Å². The van der Waals surface area contributed by atoms with Crippen LogP contribution in [0.25, 0.3) is 0 Å². The number of carboxylic acids is 1. The van der Waals surface area contributed by atoms with Gasteiger partial charge >= 0.3 is 41.5 Å². The standard InChI is InChI=1S/C13H17BrO3.C10H16O.C3H2BrClO2.C3H3BrO3.C2H4Cl2O.CH2O3.Na/c1-9(2)11-5-3-10(4-6-11)8-17-13(16)12(15)7-14;1-8(2)10-5-3-9(7-11)4-6-10;4-1-2(6)3(5)7;4-1-2(5)3(6)7;1-5-2(3)4;2-1-4-3;/h3,11H,1,4-8H2,2H3;3,10-11H,1,4-7H2,2H3;1H2;1H2,(H,6,7);2H,1H3;1,3H;/q;;;;;;+1/p-1/t11-;10-;;;;;/m11...../s1. The van der Waals surface area contributed by atoms with Gasteiger partial charge in [0, 0.05) is 7.11 Å². The molecule has 0 spiro atoms. The Hall–Kier alpha value is -0.760. The fraction of sp³-hybridized carbons (Fsp3) is 0.531. The second-order valence-corrected chi connectivity index (χ2v) is 13.1. The number of esters is 1. The van der Waals surface area contributed by atoms with Crippen LogP contribution < -0.4 is 34.8 Å². The van der Waals surface area contributed by atoms with Crippen LogP contribution in [0.4, 0.5) is 0 Å². The van der Waals surface area contributed by atoms with E-state index in [0.717, 1.165) is 37.7 Å². The minimum absolute atomic E-state index is 0. The summed E-state index contributed by atoms with van der Waals surface area (Å²) in [6, 6.07) is 0. The minimum atomic E-state index is -1.39. The maximum atomic E-state index is 11.1. The van der Waals surface area contributed by atoms with Gasteiger partial charge in [-0.3, -0.25) is 24.0 Å². The molecule has 0 saturated heterocycles. The third-order valence-electron chi connectivity index (χ3n) is 6.26. The van der Waals surface area contributed by atoms with Gasteiger partial charge in [-0.25, -0.2) is 9.59 Å². The summed E-state index contributed by atoms with van der Waals surface area (Å²) in [5.74, 6) is -2.92. The van der Waals surface area contributed by atoms with E-state index in [0.29, 0.717) is 11.8 Å². The molecule has 0 saturated carbocycles. The van der Waals surface area contributed by atoms with Gasteiger partial charge in [0.05, 0.1) is 22.6 Å². The summed E-state index contributed by atoms with van der Waals surface area (Å²) in [5.41, 5.74) is 4.77. The number of ether oxygens (including phenoxy) is 2. The molecule has 2 N–H and O–H groups in total. The number of rotatable bonds is 13. The van der Waals surface area contributed by atoms with Gasteiger partial charge in [-0.05, 0) is 87.0 Å². The zero-order chi connectivity index (χ0) is 40.5. The number of carboxylic acid groups (broad SMARTS) is 1. The van der Waals surface area contributed by atoms with Gasteiger partial charge in [0.15, 0.2) is 0 Å². The van der Waals surface area contributed by atoms with Crippen molar-refractivity contribution in [1.82, 2.24) is 0 Å². The predicted molar refractivity (Wildman–Crippen MR) is 203 cm³/mol. The molecule has 2 atom stereocenters. The summed E-state index contributed by atoms with van der Waals surface area (Å²) in [7, 11) is 1.44. The third kappa shape index (κ3) is 37.6. The van der Waals surface area contributed by atoms with Crippen molar-refractivity contribution in [2.45, 2.75) is 57.4 Å². The van der Waals surface area contributed by atoms with Gasteiger partial charge in [0.1, 0.15) is 6.61 Å². The van der Waals surface area contributed by atoms with Gasteiger partial charge in [0.25, 0.3) is 17.5 Å². The molecule has 0 radical (unpaired) electrons. The summed E-state index contributed by atoms with van der Waals surface area (Å²) in [6.07, 6.45) is 10.4. The number of aliphatic hydroxyl groups excluding tert-OH is 1. The zero-order valence-electron chi connectivity index (χ0n) is 29.3. The van der Waals surface area contributed by atoms with E-state index in [1.807, 2.05) is 6.92 Å². The molecule has 0 unspecified atom stereocenters. The summed E-state index contributed by atoms with van der Waals surface area (Å²) in [5, 5.41) is 23.4. The van der Waals surface area contributed by atoms with Crippen molar-refractivity contribution >= 4 is 124 Å². The van der Waals surface area contributed by atoms with Crippen LogP contribution in [0.3, 0.4) is 0 Å². The molecule has 0 bridgehead atoms. The molecule has 2 aliphatic carbocycles. The Morgan fingerprint density at radius 2 is 1.29 bits per heavy atom. The summed E-state index contributed by atoms with van der Waals surface area (Å²) < 4.78 is 9.20. The Morgan fingerprint density at radius 3 is 1.48 bits per heavy atom. The fourth-order valence-corrected chi connectivity index (χ4v) is 4.30. The first-order valence-electron chi connectivity index (χ1n) is 14.5. The van der Waals surface area contributed by atoms with Crippen molar-refractivity contribution in [3.8, 4) is 0 Å². The van der Waals surface area contributed by atoms with Crippen LogP contribution in [0, 0.1) is 11.8 Å². The van der Waals surface area contributed by atoms with Crippen LogP contribution in [0.1, 0.15) is 52.4 Å². The van der Waals surface area contributed by atoms with Crippen LogP contribution in [0.5, 0.6) is 0 Å². The quantitative estimate of drug-likeness (QED) is 0.0314. The first-order valence-corrected chi connectivity index (χ1v) is 19.1. The minimum Gasteiger partial charge on any atom is -0.662 e. The smallest absolute Gasteiger partial charge is 0.662 e. The predicted octanol–water partition coefficient (Wildman–Crippen LogP) is 2.66. The summed E-state index contributed by atoms with van der Waals surface area (Å²) >= 11 is 23.1. The van der Waals surface area contributed by atoms with E-state index in [1.54, 1.807) is 0 Å². The van der Waals surface area contributed by atoms with Gasteiger partial charge in [-0.2, -0.15) is 0 Å². The maximum absolute atomic E-state index is 11.1. The number of Topliss-reactive ketones (excluding diaryl/α,β-unsaturated/α-hetero) is 3.